The van der Waals surface area contributed by atoms with Crippen LogP contribution in [0.25, 0.3) is 0 Å². The fraction of sp³-hybridized carbons (Fsp3) is 0.500. The number of nitrogens with zero attached hydrogens (tertiary/aromatic N) is 1. The Morgan fingerprint density at radius 1 is 1.47 bits per heavy atom. The van der Waals surface area contributed by atoms with Crippen molar-refractivity contribution in [1.82, 2.24) is 4.90 Å². The number of hydrogen-bond acceptors (Lipinski definition) is 3. The van der Waals surface area contributed by atoms with Crippen molar-refractivity contribution in [2.75, 3.05) is 18.5 Å². The summed E-state index contributed by atoms with van der Waals surface area (Å²) in [5.74, 6) is 0. The molecule has 2 atom stereocenters. The molecule has 0 saturated carbocycles. The monoisotopic (exact) mass is 264 g/mol. The summed E-state index contributed by atoms with van der Waals surface area (Å²) in [4.78, 5) is 13.7. The molecule has 0 spiro atoms. The van der Waals surface area contributed by atoms with Gasteiger partial charge in [-0.2, -0.15) is 0 Å². The van der Waals surface area contributed by atoms with Crippen molar-refractivity contribution in [3.05, 3.63) is 29.8 Å². The third kappa shape index (κ3) is 3.24. The van der Waals surface area contributed by atoms with Gasteiger partial charge in [0.25, 0.3) is 0 Å². The molecule has 1 aromatic carbocycles. The Bertz CT molecular complexity index is 431. The van der Waals surface area contributed by atoms with Gasteiger partial charge in [-0.25, -0.2) is 4.79 Å². The number of amides is 2. The average Bonchev–Trinajstić information content (AvgIpc) is 2.87. The van der Waals surface area contributed by atoms with E-state index in [2.05, 4.69) is 5.32 Å². The van der Waals surface area contributed by atoms with Crippen LogP contribution in [0.3, 0.4) is 0 Å². The Balaban J connectivity index is 1.98. The van der Waals surface area contributed by atoms with Crippen LogP contribution in [0.2, 0.25) is 0 Å². The van der Waals surface area contributed by atoms with Gasteiger partial charge in [-0.1, -0.05) is 12.1 Å². The number of hydrogen-bond donors (Lipinski definition) is 3. The third-order valence-corrected chi connectivity index (χ3v) is 3.49. The number of aliphatic hydroxyl groups excluding tert-OH is 2. The number of likely N-dealkylation sites (tertiary alicyclic amines) is 1. The van der Waals surface area contributed by atoms with E-state index in [1.54, 1.807) is 36.1 Å². The number of anilines is 1. The molecule has 1 heterocycles. The molecule has 0 bridgehead atoms. The molecule has 3 N–H and O–H groups in total. The van der Waals surface area contributed by atoms with Crippen LogP contribution in [-0.4, -0.2) is 40.3 Å². The van der Waals surface area contributed by atoms with Gasteiger partial charge in [-0.15, -0.1) is 0 Å². The van der Waals surface area contributed by atoms with Crippen LogP contribution in [-0.2, 0) is 0 Å². The van der Waals surface area contributed by atoms with Gasteiger partial charge in [0.15, 0.2) is 0 Å². The molecule has 0 aromatic heterocycles. The molecular formula is C14H20N2O3. The summed E-state index contributed by atoms with van der Waals surface area (Å²) in [6.45, 7) is 2.39. The van der Waals surface area contributed by atoms with E-state index in [0.29, 0.717) is 12.2 Å². The molecule has 104 valence electrons. The summed E-state index contributed by atoms with van der Waals surface area (Å²) >= 11 is 0. The van der Waals surface area contributed by atoms with Crippen molar-refractivity contribution in [1.29, 1.82) is 0 Å². The van der Waals surface area contributed by atoms with Crippen molar-refractivity contribution in [3.63, 3.8) is 0 Å². The van der Waals surface area contributed by atoms with E-state index in [-0.39, 0.29) is 18.7 Å². The molecule has 2 unspecified atom stereocenters. The number of nitrogens with one attached hydrogen (secondary N) is 1. The molecule has 5 nitrogen and oxygen atoms in total. The molecule has 2 amide bonds. The molecule has 0 aliphatic carbocycles. The maximum atomic E-state index is 12.1. The zero-order chi connectivity index (χ0) is 13.8. The minimum atomic E-state index is -0.512. The maximum Gasteiger partial charge on any atom is 0.322 e. The first kappa shape index (κ1) is 13.8. The van der Waals surface area contributed by atoms with E-state index in [1.165, 1.54) is 0 Å². The van der Waals surface area contributed by atoms with Crippen LogP contribution in [0.1, 0.15) is 31.4 Å². The second-order valence-corrected chi connectivity index (χ2v) is 4.90. The second-order valence-electron chi connectivity index (χ2n) is 4.90. The Morgan fingerprint density at radius 3 is 2.74 bits per heavy atom. The van der Waals surface area contributed by atoms with E-state index >= 15 is 0 Å². The number of carbonyl (C=O) groups is 1. The van der Waals surface area contributed by atoms with Crippen LogP contribution in [0.5, 0.6) is 0 Å². The summed E-state index contributed by atoms with van der Waals surface area (Å²) in [6, 6.07) is 6.85. The standard InChI is InChI=1S/C14H20N2O3/c1-10(18)11-4-6-12(7-5-11)15-14(19)16-8-2-3-13(16)9-17/h4-7,10,13,17-18H,2-3,8-9H2,1H3,(H,15,19). The molecule has 5 heteroatoms. The first-order chi connectivity index (χ1) is 9.11. The lowest BCUT2D eigenvalue weighted by Crippen LogP contribution is -2.40. The predicted octanol–water partition coefficient (Wildman–Crippen LogP) is 1.73. The Kier molecular flexibility index (Phi) is 4.39. The van der Waals surface area contributed by atoms with Crippen molar-refractivity contribution in [2.24, 2.45) is 0 Å². The van der Waals surface area contributed by atoms with Gasteiger partial charge < -0.3 is 20.4 Å². The lowest BCUT2D eigenvalue weighted by molar-refractivity contribution is 0.166. The fourth-order valence-electron chi connectivity index (χ4n) is 2.33. The van der Waals surface area contributed by atoms with E-state index in [9.17, 15) is 15.0 Å². The van der Waals surface area contributed by atoms with Crippen LogP contribution in [0, 0.1) is 0 Å². The van der Waals surface area contributed by atoms with E-state index < -0.39 is 6.10 Å². The van der Waals surface area contributed by atoms with Crippen molar-refractivity contribution >= 4 is 11.7 Å². The summed E-state index contributed by atoms with van der Waals surface area (Å²) in [6.07, 6.45) is 1.27. The van der Waals surface area contributed by atoms with Crippen LogP contribution in [0.15, 0.2) is 24.3 Å². The number of aliphatic hydroxyl groups is 2. The topological polar surface area (TPSA) is 72.8 Å². The van der Waals surface area contributed by atoms with Gasteiger partial charge in [0.2, 0.25) is 0 Å². The first-order valence-corrected chi connectivity index (χ1v) is 6.58. The van der Waals surface area contributed by atoms with E-state index in [1.807, 2.05) is 0 Å². The Labute approximate surface area is 112 Å². The zero-order valence-electron chi connectivity index (χ0n) is 11.0. The molecule has 1 aliphatic heterocycles. The molecule has 1 aliphatic rings. The second kappa shape index (κ2) is 6.04. The summed E-state index contributed by atoms with van der Waals surface area (Å²) in [7, 11) is 0. The van der Waals surface area contributed by atoms with Gasteiger partial charge >= 0.3 is 6.03 Å². The highest BCUT2D eigenvalue weighted by Crippen LogP contribution is 2.20. The van der Waals surface area contributed by atoms with Gasteiger partial charge in [-0.05, 0) is 37.5 Å². The molecule has 19 heavy (non-hydrogen) atoms. The molecular weight excluding hydrogens is 244 g/mol. The smallest absolute Gasteiger partial charge is 0.322 e. The van der Waals surface area contributed by atoms with Crippen molar-refractivity contribution in [2.45, 2.75) is 31.9 Å². The summed E-state index contributed by atoms with van der Waals surface area (Å²) < 4.78 is 0. The van der Waals surface area contributed by atoms with Gasteiger partial charge in [-0.3, -0.25) is 0 Å². The number of rotatable bonds is 3. The molecule has 1 fully saturated rings. The van der Waals surface area contributed by atoms with Crippen molar-refractivity contribution in [3.8, 4) is 0 Å². The highest BCUT2D eigenvalue weighted by Gasteiger charge is 2.27. The minimum Gasteiger partial charge on any atom is -0.394 e. The van der Waals surface area contributed by atoms with Crippen LogP contribution >= 0.6 is 0 Å². The third-order valence-electron chi connectivity index (χ3n) is 3.49. The first-order valence-electron chi connectivity index (χ1n) is 6.58. The lowest BCUT2D eigenvalue weighted by atomic mass is 10.1. The predicted molar refractivity (Wildman–Crippen MR) is 72.9 cm³/mol. The number of urea groups is 1. The van der Waals surface area contributed by atoms with Gasteiger partial charge in [0.05, 0.1) is 18.8 Å². The lowest BCUT2D eigenvalue weighted by Gasteiger charge is -2.23. The number of carbonyl (C=O) groups excluding carboxylic acids is 1. The van der Waals surface area contributed by atoms with Crippen molar-refractivity contribution < 1.29 is 15.0 Å². The highest BCUT2D eigenvalue weighted by molar-refractivity contribution is 5.89. The molecule has 2 rings (SSSR count). The quantitative estimate of drug-likeness (QED) is 0.778. The fourth-order valence-corrected chi connectivity index (χ4v) is 2.33. The maximum absolute atomic E-state index is 12.1. The van der Waals surface area contributed by atoms with Gasteiger partial charge in [0, 0.05) is 12.2 Å². The normalized spacial score (nSPS) is 20.4. The Hall–Kier alpha value is -1.59. The molecule has 0 radical (unpaired) electrons. The summed E-state index contributed by atoms with van der Waals surface area (Å²) in [5, 5.41) is 21.4. The molecule has 1 aromatic rings. The van der Waals surface area contributed by atoms with Gasteiger partial charge in [0.1, 0.15) is 0 Å². The van der Waals surface area contributed by atoms with E-state index in [4.69, 9.17) is 0 Å². The summed E-state index contributed by atoms with van der Waals surface area (Å²) in [5.41, 5.74) is 1.50. The SMILES string of the molecule is CC(O)c1ccc(NC(=O)N2CCCC2CO)cc1. The minimum absolute atomic E-state index is 0.00832. The highest BCUT2D eigenvalue weighted by atomic mass is 16.3. The number of benzene rings is 1. The van der Waals surface area contributed by atoms with E-state index in [0.717, 1.165) is 18.4 Å². The molecule has 1 saturated heterocycles. The average molecular weight is 264 g/mol. The zero-order valence-corrected chi connectivity index (χ0v) is 11.0. The Morgan fingerprint density at radius 2 is 2.16 bits per heavy atom. The largest absolute Gasteiger partial charge is 0.394 e. The van der Waals surface area contributed by atoms with Crippen LogP contribution < -0.4 is 5.32 Å². The van der Waals surface area contributed by atoms with Crippen LogP contribution in [0.4, 0.5) is 10.5 Å².